The molecule has 19 heavy (non-hydrogen) atoms. The number of nitrogens with one attached hydrogen (secondary N) is 1. The Kier molecular flexibility index (Phi) is 5.31. The summed E-state index contributed by atoms with van der Waals surface area (Å²) < 4.78 is 18.7. The predicted octanol–water partition coefficient (Wildman–Crippen LogP) is 2.20. The van der Waals surface area contributed by atoms with Crippen molar-refractivity contribution >= 4 is 0 Å². The van der Waals surface area contributed by atoms with Crippen molar-refractivity contribution in [2.45, 2.75) is 25.5 Å². The summed E-state index contributed by atoms with van der Waals surface area (Å²) >= 11 is 0. The Labute approximate surface area is 114 Å². The highest BCUT2D eigenvalue weighted by Gasteiger charge is 2.19. The normalized spacial score (nSPS) is 22.4. The fourth-order valence-corrected chi connectivity index (χ4v) is 2.46. The highest BCUT2D eigenvalue weighted by Crippen LogP contribution is 2.17. The fourth-order valence-electron chi connectivity index (χ4n) is 2.46. The largest absolute Gasteiger partial charge is 0.374 e. The van der Waals surface area contributed by atoms with Crippen LogP contribution in [-0.2, 0) is 4.74 Å². The molecule has 0 saturated carbocycles. The minimum atomic E-state index is -0.184. The topological polar surface area (TPSA) is 24.5 Å². The van der Waals surface area contributed by atoms with Crippen LogP contribution in [0.5, 0.6) is 0 Å². The zero-order valence-corrected chi connectivity index (χ0v) is 11.7. The van der Waals surface area contributed by atoms with Crippen LogP contribution in [0.3, 0.4) is 0 Å². The van der Waals surface area contributed by atoms with Gasteiger partial charge >= 0.3 is 0 Å². The number of halogens is 1. The Morgan fingerprint density at radius 3 is 2.79 bits per heavy atom. The first kappa shape index (κ1) is 14.4. The van der Waals surface area contributed by atoms with Crippen LogP contribution in [0.2, 0.25) is 0 Å². The van der Waals surface area contributed by atoms with Gasteiger partial charge in [-0.25, -0.2) is 4.39 Å². The Morgan fingerprint density at radius 1 is 1.42 bits per heavy atom. The predicted molar refractivity (Wildman–Crippen MR) is 74.7 cm³/mol. The summed E-state index contributed by atoms with van der Waals surface area (Å²) in [6.45, 7) is 5.74. The lowest BCUT2D eigenvalue weighted by molar-refractivity contribution is -0.0193. The second kappa shape index (κ2) is 6.98. The summed E-state index contributed by atoms with van der Waals surface area (Å²) in [5, 5.41) is 3.52. The lowest BCUT2D eigenvalue weighted by Gasteiger charge is -2.31. The molecule has 0 spiro atoms. The fraction of sp³-hybridized carbons (Fsp3) is 0.600. The van der Waals surface area contributed by atoms with Crippen LogP contribution in [-0.4, -0.2) is 44.3 Å². The number of morpholine rings is 1. The molecule has 1 aliphatic rings. The van der Waals surface area contributed by atoms with Gasteiger partial charge in [0.05, 0.1) is 12.7 Å². The van der Waals surface area contributed by atoms with E-state index in [1.54, 1.807) is 0 Å². The molecule has 2 atom stereocenters. The molecular formula is C15H23FN2O. The Hall–Kier alpha value is -0.970. The van der Waals surface area contributed by atoms with E-state index >= 15 is 0 Å². The van der Waals surface area contributed by atoms with E-state index in [1.165, 1.54) is 12.1 Å². The first-order valence-electron chi connectivity index (χ1n) is 6.98. The summed E-state index contributed by atoms with van der Waals surface area (Å²) in [4.78, 5) is 2.29. The molecule has 2 rings (SSSR count). The van der Waals surface area contributed by atoms with Gasteiger partial charge in [-0.3, -0.25) is 0 Å². The van der Waals surface area contributed by atoms with Crippen molar-refractivity contribution in [2.75, 3.05) is 33.3 Å². The molecule has 1 aromatic rings. The number of hydrogen-bond donors (Lipinski definition) is 1. The van der Waals surface area contributed by atoms with Crippen molar-refractivity contribution in [3.05, 3.63) is 35.6 Å². The van der Waals surface area contributed by atoms with Gasteiger partial charge in [0.1, 0.15) is 5.82 Å². The molecule has 3 nitrogen and oxygen atoms in total. The Bertz CT molecular complexity index is 382. The van der Waals surface area contributed by atoms with Gasteiger partial charge in [0.2, 0.25) is 0 Å². The van der Waals surface area contributed by atoms with Crippen LogP contribution in [0.25, 0.3) is 0 Å². The SMILES string of the molecule is CCC(NCC1CN(C)CCO1)c1ccc(F)cc1. The molecule has 1 heterocycles. The molecule has 0 radical (unpaired) electrons. The van der Waals surface area contributed by atoms with E-state index in [1.807, 2.05) is 12.1 Å². The van der Waals surface area contributed by atoms with E-state index in [0.717, 1.165) is 38.2 Å². The standard InChI is InChI=1S/C15H23FN2O/c1-3-15(12-4-6-13(16)7-5-12)17-10-14-11-18(2)8-9-19-14/h4-7,14-15,17H,3,8-11H2,1-2H3. The minimum absolute atomic E-state index is 0.184. The third-order valence-electron chi connectivity index (χ3n) is 3.61. The van der Waals surface area contributed by atoms with Crippen LogP contribution < -0.4 is 5.32 Å². The molecule has 1 saturated heterocycles. The summed E-state index contributed by atoms with van der Waals surface area (Å²) in [5.41, 5.74) is 1.13. The maximum absolute atomic E-state index is 12.9. The lowest BCUT2D eigenvalue weighted by Crippen LogP contribution is -2.45. The van der Waals surface area contributed by atoms with Gasteiger partial charge in [-0.05, 0) is 31.2 Å². The molecule has 0 aliphatic carbocycles. The van der Waals surface area contributed by atoms with E-state index in [9.17, 15) is 4.39 Å². The average Bonchev–Trinajstić information content (AvgIpc) is 2.41. The van der Waals surface area contributed by atoms with Gasteiger partial charge < -0.3 is 15.0 Å². The van der Waals surface area contributed by atoms with E-state index in [4.69, 9.17) is 4.74 Å². The van der Waals surface area contributed by atoms with E-state index in [0.29, 0.717) is 0 Å². The Morgan fingerprint density at radius 2 is 2.16 bits per heavy atom. The molecule has 1 aromatic carbocycles. The summed E-state index contributed by atoms with van der Waals surface area (Å²) in [6.07, 6.45) is 1.22. The van der Waals surface area contributed by atoms with E-state index in [2.05, 4.69) is 24.2 Å². The number of ether oxygens (including phenoxy) is 1. The molecular weight excluding hydrogens is 243 g/mol. The molecule has 0 aromatic heterocycles. The van der Waals surface area contributed by atoms with Gasteiger partial charge in [0, 0.05) is 25.7 Å². The van der Waals surface area contributed by atoms with Crippen LogP contribution in [0.15, 0.2) is 24.3 Å². The molecule has 0 bridgehead atoms. The zero-order valence-electron chi connectivity index (χ0n) is 11.7. The summed E-state index contributed by atoms with van der Waals surface area (Å²) in [5.74, 6) is -0.184. The van der Waals surface area contributed by atoms with E-state index < -0.39 is 0 Å². The number of likely N-dealkylation sites (N-methyl/N-ethyl adjacent to an activating group) is 1. The number of nitrogens with zero attached hydrogens (tertiary/aromatic N) is 1. The third-order valence-corrected chi connectivity index (χ3v) is 3.61. The summed E-state index contributed by atoms with van der Waals surface area (Å²) in [7, 11) is 2.12. The molecule has 0 amide bonds. The molecule has 4 heteroatoms. The van der Waals surface area contributed by atoms with Crippen molar-refractivity contribution in [1.29, 1.82) is 0 Å². The van der Waals surface area contributed by atoms with Crippen molar-refractivity contribution in [3.8, 4) is 0 Å². The van der Waals surface area contributed by atoms with Crippen molar-refractivity contribution in [1.82, 2.24) is 10.2 Å². The van der Waals surface area contributed by atoms with Crippen molar-refractivity contribution in [2.24, 2.45) is 0 Å². The maximum Gasteiger partial charge on any atom is 0.123 e. The average molecular weight is 266 g/mol. The van der Waals surface area contributed by atoms with Crippen LogP contribution in [0.1, 0.15) is 24.9 Å². The first-order chi connectivity index (χ1) is 9.19. The molecule has 106 valence electrons. The summed E-state index contributed by atoms with van der Waals surface area (Å²) in [6, 6.07) is 7.00. The second-order valence-corrected chi connectivity index (χ2v) is 5.18. The Balaban J connectivity index is 1.87. The third kappa shape index (κ3) is 4.27. The van der Waals surface area contributed by atoms with Gasteiger partial charge in [-0.15, -0.1) is 0 Å². The maximum atomic E-state index is 12.9. The zero-order chi connectivity index (χ0) is 13.7. The molecule has 1 N–H and O–H groups in total. The number of hydrogen-bond acceptors (Lipinski definition) is 3. The highest BCUT2D eigenvalue weighted by atomic mass is 19.1. The van der Waals surface area contributed by atoms with Gasteiger partial charge in [0.15, 0.2) is 0 Å². The van der Waals surface area contributed by atoms with E-state index in [-0.39, 0.29) is 18.0 Å². The second-order valence-electron chi connectivity index (χ2n) is 5.18. The monoisotopic (exact) mass is 266 g/mol. The first-order valence-corrected chi connectivity index (χ1v) is 6.98. The molecule has 1 fully saturated rings. The smallest absolute Gasteiger partial charge is 0.123 e. The quantitative estimate of drug-likeness (QED) is 0.884. The van der Waals surface area contributed by atoms with Crippen LogP contribution in [0.4, 0.5) is 4.39 Å². The van der Waals surface area contributed by atoms with Gasteiger partial charge in [-0.1, -0.05) is 19.1 Å². The number of rotatable bonds is 5. The lowest BCUT2D eigenvalue weighted by atomic mass is 10.0. The van der Waals surface area contributed by atoms with Gasteiger partial charge in [-0.2, -0.15) is 0 Å². The van der Waals surface area contributed by atoms with Crippen LogP contribution in [0, 0.1) is 5.82 Å². The van der Waals surface area contributed by atoms with Gasteiger partial charge in [0.25, 0.3) is 0 Å². The van der Waals surface area contributed by atoms with Crippen LogP contribution >= 0.6 is 0 Å². The minimum Gasteiger partial charge on any atom is -0.374 e. The van der Waals surface area contributed by atoms with Crippen molar-refractivity contribution in [3.63, 3.8) is 0 Å². The molecule has 2 unspecified atom stereocenters. The number of benzene rings is 1. The highest BCUT2D eigenvalue weighted by molar-refractivity contribution is 5.19. The van der Waals surface area contributed by atoms with Crippen molar-refractivity contribution < 1.29 is 9.13 Å². The molecule has 1 aliphatic heterocycles.